The van der Waals surface area contributed by atoms with Crippen molar-refractivity contribution in [3.8, 4) is 0 Å². The van der Waals surface area contributed by atoms with Gasteiger partial charge < -0.3 is 10.5 Å². The molecule has 0 radical (unpaired) electrons. The second-order valence-electron chi connectivity index (χ2n) is 5.57. The monoisotopic (exact) mass is 316 g/mol. The number of sulfonamides is 1. The van der Waals surface area contributed by atoms with E-state index in [2.05, 4.69) is 14.9 Å². The third-order valence-electron chi connectivity index (χ3n) is 3.80. The van der Waals surface area contributed by atoms with Crippen LogP contribution in [0.1, 0.15) is 37.1 Å². The largest absolute Gasteiger partial charge is 0.377 e. The zero-order valence-corrected chi connectivity index (χ0v) is 13.4. The Balaban J connectivity index is 1.78. The van der Waals surface area contributed by atoms with Gasteiger partial charge in [0.25, 0.3) is 0 Å². The SMILES string of the molecule is Cc1n[nH]c(C)c1S(=O)(=O)NCCOC1CCC(N)CC1. The van der Waals surface area contributed by atoms with E-state index in [1.54, 1.807) is 13.8 Å². The fourth-order valence-corrected chi connectivity index (χ4v) is 4.05. The summed E-state index contributed by atoms with van der Waals surface area (Å²) in [5.41, 5.74) is 6.85. The fraction of sp³-hybridized carbons (Fsp3) is 0.769. The zero-order chi connectivity index (χ0) is 15.5. The number of H-pyrrole nitrogens is 1. The molecule has 0 atom stereocenters. The summed E-state index contributed by atoms with van der Waals surface area (Å²) in [5, 5.41) is 6.58. The van der Waals surface area contributed by atoms with Gasteiger partial charge in [-0.3, -0.25) is 5.10 Å². The third-order valence-corrected chi connectivity index (χ3v) is 5.52. The number of nitrogens with zero attached hydrogens (tertiary/aromatic N) is 1. The molecule has 1 heterocycles. The predicted molar refractivity (Wildman–Crippen MR) is 79.4 cm³/mol. The molecule has 0 saturated heterocycles. The number of nitrogens with one attached hydrogen (secondary N) is 2. The summed E-state index contributed by atoms with van der Waals surface area (Å²) in [6.45, 7) is 3.99. The number of nitrogens with two attached hydrogens (primary N) is 1. The minimum absolute atomic E-state index is 0.201. The minimum Gasteiger partial charge on any atom is -0.377 e. The Morgan fingerprint density at radius 2 is 2.00 bits per heavy atom. The van der Waals surface area contributed by atoms with Crippen LogP contribution in [-0.2, 0) is 14.8 Å². The van der Waals surface area contributed by atoms with Crippen LogP contribution >= 0.6 is 0 Å². The van der Waals surface area contributed by atoms with Crippen LogP contribution in [0.15, 0.2) is 4.90 Å². The van der Waals surface area contributed by atoms with Crippen molar-refractivity contribution in [1.82, 2.24) is 14.9 Å². The molecule has 2 rings (SSSR count). The van der Waals surface area contributed by atoms with Gasteiger partial charge in [-0.1, -0.05) is 0 Å². The van der Waals surface area contributed by atoms with Crippen LogP contribution in [0.4, 0.5) is 0 Å². The molecule has 7 nitrogen and oxygen atoms in total. The van der Waals surface area contributed by atoms with E-state index < -0.39 is 10.0 Å². The molecule has 1 fully saturated rings. The standard InChI is InChI=1S/C13H24N4O3S/c1-9-13(10(2)17-16-9)21(18,19)15-7-8-20-12-5-3-11(14)4-6-12/h11-12,15H,3-8,14H2,1-2H3,(H,16,17). The predicted octanol–water partition coefficient (Wildman–Crippen LogP) is 0.591. The van der Waals surface area contributed by atoms with E-state index in [4.69, 9.17) is 10.5 Å². The summed E-state index contributed by atoms with van der Waals surface area (Å²) in [6, 6.07) is 0.287. The van der Waals surface area contributed by atoms with Gasteiger partial charge in [-0.05, 0) is 39.5 Å². The smallest absolute Gasteiger partial charge is 0.244 e. The molecule has 120 valence electrons. The number of hydrogen-bond donors (Lipinski definition) is 3. The molecule has 0 aliphatic heterocycles. The van der Waals surface area contributed by atoms with Gasteiger partial charge in [-0.25, -0.2) is 13.1 Å². The van der Waals surface area contributed by atoms with Crippen molar-refractivity contribution in [2.45, 2.75) is 56.6 Å². The van der Waals surface area contributed by atoms with Crippen LogP contribution < -0.4 is 10.5 Å². The van der Waals surface area contributed by atoms with Crippen molar-refractivity contribution in [2.24, 2.45) is 5.73 Å². The van der Waals surface area contributed by atoms with Crippen LogP contribution in [0, 0.1) is 13.8 Å². The lowest BCUT2D eigenvalue weighted by Crippen LogP contribution is -2.33. The van der Waals surface area contributed by atoms with Crippen LogP contribution in [0.3, 0.4) is 0 Å². The van der Waals surface area contributed by atoms with Gasteiger partial charge >= 0.3 is 0 Å². The second-order valence-corrected chi connectivity index (χ2v) is 7.27. The van der Waals surface area contributed by atoms with Crippen molar-refractivity contribution < 1.29 is 13.2 Å². The fourth-order valence-electron chi connectivity index (χ4n) is 2.67. The minimum atomic E-state index is -3.53. The Labute approximate surface area is 125 Å². The number of rotatable bonds is 6. The van der Waals surface area contributed by atoms with E-state index in [0.29, 0.717) is 18.0 Å². The van der Waals surface area contributed by atoms with Crippen LogP contribution in [0.5, 0.6) is 0 Å². The normalized spacial score (nSPS) is 23.4. The molecule has 21 heavy (non-hydrogen) atoms. The van der Waals surface area contributed by atoms with Gasteiger partial charge in [0.1, 0.15) is 4.90 Å². The van der Waals surface area contributed by atoms with E-state index in [0.717, 1.165) is 25.7 Å². The Hall–Kier alpha value is -0.960. The maximum Gasteiger partial charge on any atom is 0.244 e. The van der Waals surface area contributed by atoms with Crippen molar-refractivity contribution in [1.29, 1.82) is 0 Å². The van der Waals surface area contributed by atoms with E-state index in [1.807, 2.05) is 0 Å². The van der Waals surface area contributed by atoms with Crippen LogP contribution in [-0.4, -0.2) is 43.9 Å². The first-order valence-electron chi connectivity index (χ1n) is 7.28. The summed E-state index contributed by atoms with van der Waals surface area (Å²) in [7, 11) is -3.53. The summed E-state index contributed by atoms with van der Waals surface area (Å²) < 4.78 is 32.6. The van der Waals surface area contributed by atoms with Gasteiger partial charge in [-0.15, -0.1) is 0 Å². The van der Waals surface area contributed by atoms with E-state index >= 15 is 0 Å². The van der Waals surface area contributed by atoms with E-state index in [-0.39, 0.29) is 23.6 Å². The first-order valence-corrected chi connectivity index (χ1v) is 8.77. The lowest BCUT2D eigenvalue weighted by atomic mass is 9.94. The molecule has 1 aliphatic rings. The molecule has 8 heteroatoms. The lowest BCUT2D eigenvalue weighted by molar-refractivity contribution is 0.0287. The summed E-state index contributed by atoms with van der Waals surface area (Å²) in [6.07, 6.45) is 4.06. The number of aromatic amines is 1. The average molecular weight is 316 g/mol. The van der Waals surface area contributed by atoms with E-state index in [1.165, 1.54) is 0 Å². The number of aryl methyl sites for hydroxylation is 2. The Morgan fingerprint density at radius 1 is 1.33 bits per heavy atom. The number of aromatic nitrogens is 2. The molecule has 1 aromatic rings. The first-order chi connectivity index (χ1) is 9.90. The second kappa shape index (κ2) is 6.87. The Kier molecular flexibility index (Phi) is 5.37. The molecule has 1 aromatic heterocycles. The zero-order valence-electron chi connectivity index (χ0n) is 12.6. The molecule has 4 N–H and O–H groups in total. The van der Waals surface area contributed by atoms with Crippen molar-refractivity contribution in [2.75, 3.05) is 13.2 Å². The quantitative estimate of drug-likeness (QED) is 0.665. The average Bonchev–Trinajstić information content (AvgIpc) is 2.77. The summed E-state index contributed by atoms with van der Waals surface area (Å²) >= 11 is 0. The summed E-state index contributed by atoms with van der Waals surface area (Å²) in [4.78, 5) is 0.228. The molecular weight excluding hydrogens is 292 g/mol. The van der Waals surface area contributed by atoms with Crippen LogP contribution in [0.25, 0.3) is 0 Å². The molecule has 0 spiro atoms. The van der Waals surface area contributed by atoms with Crippen LogP contribution in [0.2, 0.25) is 0 Å². The van der Waals surface area contributed by atoms with Crippen molar-refractivity contribution >= 4 is 10.0 Å². The Bertz CT molecular complexity index is 542. The van der Waals surface area contributed by atoms with Gasteiger partial charge in [0, 0.05) is 12.6 Å². The molecule has 0 amide bonds. The topological polar surface area (TPSA) is 110 Å². The first kappa shape index (κ1) is 16.4. The molecule has 1 saturated carbocycles. The molecule has 0 unspecified atom stereocenters. The molecule has 0 aromatic carbocycles. The highest BCUT2D eigenvalue weighted by Gasteiger charge is 2.22. The molecular formula is C13H24N4O3S. The van der Waals surface area contributed by atoms with Crippen molar-refractivity contribution in [3.63, 3.8) is 0 Å². The van der Waals surface area contributed by atoms with Gasteiger partial charge in [0.15, 0.2) is 0 Å². The number of ether oxygens (including phenoxy) is 1. The molecule has 1 aliphatic carbocycles. The third kappa shape index (κ3) is 4.26. The highest BCUT2D eigenvalue weighted by Crippen LogP contribution is 2.20. The maximum absolute atomic E-state index is 12.2. The Morgan fingerprint density at radius 3 is 2.57 bits per heavy atom. The highest BCUT2D eigenvalue weighted by atomic mass is 32.2. The lowest BCUT2D eigenvalue weighted by Gasteiger charge is -2.26. The number of hydrogen-bond acceptors (Lipinski definition) is 5. The van der Waals surface area contributed by atoms with Gasteiger partial charge in [-0.2, -0.15) is 5.10 Å². The van der Waals surface area contributed by atoms with Gasteiger partial charge in [0.05, 0.1) is 24.1 Å². The maximum atomic E-state index is 12.2. The van der Waals surface area contributed by atoms with E-state index in [9.17, 15) is 8.42 Å². The highest BCUT2D eigenvalue weighted by molar-refractivity contribution is 7.89. The molecule has 0 bridgehead atoms. The van der Waals surface area contributed by atoms with Gasteiger partial charge in [0.2, 0.25) is 10.0 Å². The van der Waals surface area contributed by atoms with Crippen molar-refractivity contribution in [3.05, 3.63) is 11.4 Å². The summed E-state index contributed by atoms with van der Waals surface area (Å²) in [5.74, 6) is 0.